The highest BCUT2D eigenvalue weighted by Crippen LogP contribution is 2.56. The predicted molar refractivity (Wildman–Crippen MR) is 360 cm³/mol. The average Bonchev–Trinajstić information content (AvgIpc) is 1.57. The summed E-state index contributed by atoms with van der Waals surface area (Å²) in [5.74, 6) is 0. The maximum absolute atomic E-state index is 12.6. The summed E-state index contributed by atoms with van der Waals surface area (Å²) < 4.78 is 16.0. The third-order valence-corrected chi connectivity index (χ3v) is 21.2. The largest absolute Gasteiger partial charge is 0.383 e. The summed E-state index contributed by atoms with van der Waals surface area (Å²) >= 11 is 0. The Morgan fingerprint density at radius 1 is 0.478 bits per heavy atom. The van der Waals surface area contributed by atoms with Crippen molar-refractivity contribution in [3.05, 3.63) is 243 Å². The van der Waals surface area contributed by atoms with E-state index in [1.807, 2.05) is 24.3 Å². The van der Waals surface area contributed by atoms with Crippen LogP contribution in [0.5, 0.6) is 0 Å². The van der Waals surface area contributed by atoms with Crippen LogP contribution in [-0.2, 0) is 44.0 Å². The fourth-order valence-corrected chi connectivity index (χ4v) is 17.0. The number of fused-ring (bicyclic) bond motifs is 10. The minimum absolute atomic E-state index is 0.000609. The molecule has 0 radical (unpaired) electrons. The van der Waals surface area contributed by atoms with Crippen LogP contribution < -0.4 is 9.80 Å². The van der Waals surface area contributed by atoms with Crippen molar-refractivity contribution in [2.24, 2.45) is 0 Å². The van der Waals surface area contributed by atoms with Gasteiger partial charge in [0, 0.05) is 145 Å². The van der Waals surface area contributed by atoms with E-state index in [1.54, 1.807) is 62.8 Å². The Morgan fingerprint density at radius 2 is 0.826 bits per heavy atom. The second-order valence-electron chi connectivity index (χ2n) is 26.3. The standard InChI is InChI=1S/C74H76N8O10/c1-71(59-45-55(81(87)88)29-33-61(59)77(39-41-91-5)65(71)15-13-17-67-73(35-9-7-10-36-73)69-57-43-53(79(83)84)27-23-51(57)25-31-63(69)75(67)3)47-49-19-21-50(22-20-49)48-72(2)60-46-56(82(89)90)30-34-62(60)78(40-42-92-6)66(72)16-14-18-68-74(37-11-8-12-38-74)70-58-44-54(80(85)86)28-24-52(58)26-32-64(70)76(68)4/h13-34,43-46H,7-12,35-42,47-48H2,1-6H3/q+2. The lowest BCUT2D eigenvalue weighted by Gasteiger charge is -2.32. The third kappa shape index (κ3) is 10.1. The summed E-state index contributed by atoms with van der Waals surface area (Å²) in [5.41, 5.74) is 11.8. The molecule has 0 N–H and O–H groups in total. The minimum Gasteiger partial charge on any atom is -0.383 e. The molecule has 6 aliphatic rings. The van der Waals surface area contributed by atoms with Crippen LogP contribution in [0, 0.1) is 40.5 Å². The van der Waals surface area contributed by atoms with Crippen LogP contribution in [0.1, 0.15) is 111 Å². The van der Waals surface area contributed by atoms with Gasteiger partial charge in [0.2, 0.25) is 11.4 Å². The van der Waals surface area contributed by atoms with Gasteiger partial charge in [-0.3, -0.25) is 40.5 Å². The third-order valence-electron chi connectivity index (χ3n) is 21.2. The van der Waals surface area contributed by atoms with Gasteiger partial charge < -0.3 is 19.3 Å². The Balaban J connectivity index is 0.868. The van der Waals surface area contributed by atoms with Crippen LogP contribution in [0.15, 0.2) is 169 Å². The molecule has 7 aromatic rings. The number of ether oxygens (including phenoxy) is 2. The molecule has 0 amide bonds. The summed E-state index contributed by atoms with van der Waals surface area (Å²) in [6, 6.07) is 37.5. The average molecular weight is 1240 g/mol. The van der Waals surface area contributed by atoms with E-state index in [2.05, 4.69) is 132 Å². The molecule has 2 fully saturated rings. The molecule has 2 spiro atoms. The van der Waals surface area contributed by atoms with Gasteiger partial charge in [0.25, 0.3) is 22.7 Å². The molecular formula is C74H76N8O10+2. The monoisotopic (exact) mass is 1240 g/mol. The van der Waals surface area contributed by atoms with E-state index in [1.165, 1.54) is 0 Å². The van der Waals surface area contributed by atoms with Gasteiger partial charge in [0.1, 0.15) is 14.1 Å². The van der Waals surface area contributed by atoms with Crippen molar-refractivity contribution in [1.29, 1.82) is 0 Å². The number of hydrogen-bond donors (Lipinski definition) is 0. The topological polar surface area (TPSA) is 204 Å². The smallest absolute Gasteiger partial charge is 0.270 e. The summed E-state index contributed by atoms with van der Waals surface area (Å²) in [4.78, 5) is 52.6. The van der Waals surface area contributed by atoms with Crippen LogP contribution >= 0.6 is 0 Å². The van der Waals surface area contributed by atoms with Gasteiger partial charge in [0.15, 0.2) is 11.4 Å². The number of non-ortho nitro benzene ring substituents is 4. The summed E-state index contributed by atoms with van der Waals surface area (Å²) in [5, 5.41) is 53.3. The van der Waals surface area contributed by atoms with Gasteiger partial charge >= 0.3 is 0 Å². The fraction of sp³-hybridized carbons (Fsp3) is 0.351. The second kappa shape index (κ2) is 23.9. The number of benzene rings is 7. The molecule has 2 unspecified atom stereocenters. The number of rotatable bonds is 18. The number of methoxy groups -OCH3 is 2. The van der Waals surface area contributed by atoms with Gasteiger partial charge in [-0.1, -0.05) is 74.9 Å². The first-order valence-electron chi connectivity index (χ1n) is 32.0. The highest BCUT2D eigenvalue weighted by molar-refractivity contribution is 6.10. The fourth-order valence-electron chi connectivity index (χ4n) is 17.0. The molecule has 18 nitrogen and oxygen atoms in total. The zero-order valence-electron chi connectivity index (χ0n) is 53.0. The zero-order valence-corrected chi connectivity index (χ0v) is 53.0. The van der Waals surface area contributed by atoms with Crippen molar-refractivity contribution >= 4 is 78.5 Å². The van der Waals surface area contributed by atoms with Gasteiger partial charge in [0.05, 0.1) is 43.7 Å². The van der Waals surface area contributed by atoms with Crippen LogP contribution in [0.4, 0.5) is 45.5 Å². The van der Waals surface area contributed by atoms with Gasteiger partial charge in [-0.15, -0.1) is 0 Å². The van der Waals surface area contributed by atoms with Gasteiger partial charge in [-0.25, -0.2) is 0 Å². The van der Waals surface area contributed by atoms with Crippen molar-refractivity contribution in [3.8, 4) is 0 Å². The van der Waals surface area contributed by atoms with E-state index in [0.717, 1.165) is 165 Å². The van der Waals surface area contributed by atoms with Crippen molar-refractivity contribution in [2.75, 3.05) is 64.4 Å². The van der Waals surface area contributed by atoms with E-state index in [-0.39, 0.29) is 53.3 Å². The van der Waals surface area contributed by atoms with E-state index < -0.39 is 10.8 Å². The molecule has 4 aliphatic heterocycles. The van der Waals surface area contributed by atoms with Gasteiger partial charge in [-0.2, -0.15) is 9.15 Å². The van der Waals surface area contributed by atoms with E-state index in [4.69, 9.17) is 9.47 Å². The van der Waals surface area contributed by atoms with Crippen LogP contribution in [0.3, 0.4) is 0 Å². The SMILES string of the molecule is COCCN1C(=CC=CC2=[N+](C)c3ccc4ccc([N+](=O)[O-])cc4c3C23CCCCC3)C(C)(Cc2ccc(CC3(C)C(=CC=CC4=[N+](C)c5ccc6ccc([N+](=O)[O-])cc6c5C45CCCCC5)N(CCOC)c4ccc([N+](=O)[O-])cc43)cc2)c2cc([N+](=O)[O-])ccc21. The van der Waals surface area contributed by atoms with Crippen molar-refractivity contribution < 1.29 is 38.3 Å². The molecule has 0 aromatic heterocycles. The first-order chi connectivity index (χ1) is 44.3. The predicted octanol–water partition coefficient (Wildman–Crippen LogP) is 15.7. The molecule has 0 bridgehead atoms. The Labute approximate surface area is 534 Å². The normalized spacial score (nSPS) is 21.3. The molecule has 0 saturated heterocycles. The molecule has 92 heavy (non-hydrogen) atoms. The lowest BCUT2D eigenvalue weighted by Crippen LogP contribution is -2.36. The number of allylic oxidation sites excluding steroid dienone is 8. The summed E-state index contributed by atoms with van der Waals surface area (Å²) in [7, 11) is 7.51. The molecular weight excluding hydrogens is 1160 g/mol. The molecule has 4 heterocycles. The van der Waals surface area contributed by atoms with Crippen LogP contribution in [0.25, 0.3) is 21.5 Å². The molecule has 2 aliphatic carbocycles. The molecule has 470 valence electrons. The number of nitro groups is 4. The van der Waals surface area contributed by atoms with Crippen LogP contribution in [-0.4, -0.2) is 94.9 Å². The molecule has 18 heteroatoms. The maximum Gasteiger partial charge on any atom is 0.270 e. The number of hydrogen-bond acceptors (Lipinski definition) is 12. The quantitative estimate of drug-likeness (QED) is 0.0447. The molecule has 7 aromatic carbocycles. The molecule has 2 atom stereocenters. The molecule has 13 rings (SSSR count). The zero-order chi connectivity index (χ0) is 64.4. The lowest BCUT2D eigenvalue weighted by atomic mass is 9.66. The van der Waals surface area contributed by atoms with Crippen molar-refractivity contribution in [3.63, 3.8) is 0 Å². The Kier molecular flexibility index (Phi) is 16.0. The van der Waals surface area contributed by atoms with Crippen molar-refractivity contribution in [2.45, 2.75) is 113 Å². The Morgan fingerprint density at radius 3 is 1.18 bits per heavy atom. The highest BCUT2D eigenvalue weighted by atomic mass is 16.6. The summed E-state index contributed by atoms with van der Waals surface area (Å²) in [6.07, 6.45) is 23.9. The number of nitrogens with zero attached hydrogens (tertiary/aromatic N) is 8. The Hall–Kier alpha value is -9.52. The first-order valence-corrected chi connectivity index (χ1v) is 32.0. The second-order valence-corrected chi connectivity index (χ2v) is 26.3. The Bertz CT molecular complexity index is 4160. The maximum atomic E-state index is 12.6. The van der Waals surface area contributed by atoms with E-state index in [0.29, 0.717) is 39.1 Å². The minimum atomic E-state index is -0.777. The molecule has 2 saturated carbocycles. The highest BCUT2D eigenvalue weighted by Gasteiger charge is 2.54. The lowest BCUT2D eigenvalue weighted by molar-refractivity contribution is -0.401. The number of nitro benzene ring substituents is 4. The van der Waals surface area contributed by atoms with E-state index in [9.17, 15) is 40.5 Å². The van der Waals surface area contributed by atoms with E-state index >= 15 is 0 Å². The summed E-state index contributed by atoms with van der Waals surface area (Å²) in [6.45, 7) is 6.11. The van der Waals surface area contributed by atoms with Crippen LogP contribution in [0.2, 0.25) is 0 Å². The van der Waals surface area contributed by atoms with Crippen molar-refractivity contribution in [1.82, 2.24) is 0 Å². The number of anilines is 2. The van der Waals surface area contributed by atoms with Gasteiger partial charge in [-0.05, 0) is 145 Å². The first kappa shape index (κ1) is 61.3.